The second-order valence-electron chi connectivity index (χ2n) is 2.86. The Morgan fingerprint density at radius 2 is 2.00 bits per heavy atom. The molecule has 0 unspecified atom stereocenters. The highest BCUT2D eigenvalue weighted by atomic mass is 127. The average molecular weight is 368 g/mol. The number of aromatic nitrogens is 1. The van der Waals surface area contributed by atoms with Gasteiger partial charge in [0.1, 0.15) is 11.4 Å². The first-order valence-corrected chi connectivity index (χ1v) is 5.25. The van der Waals surface area contributed by atoms with E-state index in [1.54, 1.807) is 0 Å². The minimum atomic E-state index is -4.95. The topological polar surface area (TPSA) is 48.1 Å². The van der Waals surface area contributed by atoms with Gasteiger partial charge in [-0.3, -0.25) is 0 Å². The molecule has 0 spiro atoms. The van der Waals surface area contributed by atoms with Gasteiger partial charge in [-0.15, -0.1) is 13.2 Å². The molecule has 1 heterocycles. The molecule has 0 aliphatic rings. The summed E-state index contributed by atoms with van der Waals surface area (Å²) in [5, 5.41) is 0. The molecular formula is C8H6F5IN2O. The zero-order valence-electron chi connectivity index (χ0n) is 8.06. The van der Waals surface area contributed by atoms with Crippen LogP contribution in [0.5, 0.6) is 5.75 Å². The van der Waals surface area contributed by atoms with E-state index in [4.69, 9.17) is 5.73 Å². The van der Waals surface area contributed by atoms with Crippen molar-refractivity contribution in [2.75, 3.05) is 0 Å². The van der Waals surface area contributed by atoms with E-state index < -0.39 is 24.2 Å². The van der Waals surface area contributed by atoms with Crippen molar-refractivity contribution >= 4 is 22.6 Å². The average Bonchev–Trinajstić information content (AvgIpc) is 2.18. The van der Waals surface area contributed by atoms with E-state index >= 15 is 0 Å². The molecule has 0 aliphatic heterocycles. The molecule has 0 amide bonds. The SMILES string of the molecule is NCc1nc(C(F)F)cc(OC(F)(F)F)c1I. The van der Waals surface area contributed by atoms with Crippen molar-refractivity contribution in [1.82, 2.24) is 4.98 Å². The monoisotopic (exact) mass is 368 g/mol. The predicted octanol–water partition coefficient (Wildman–Crippen LogP) is 2.98. The van der Waals surface area contributed by atoms with Crippen LogP contribution >= 0.6 is 22.6 Å². The van der Waals surface area contributed by atoms with Gasteiger partial charge in [-0.1, -0.05) is 0 Å². The van der Waals surface area contributed by atoms with Crippen LogP contribution in [0.25, 0.3) is 0 Å². The highest BCUT2D eigenvalue weighted by Crippen LogP contribution is 2.32. The number of hydrogen-bond acceptors (Lipinski definition) is 3. The zero-order chi connectivity index (χ0) is 13.2. The van der Waals surface area contributed by atoms with Gasteiger partial charge in [-0.25, -0.2) is 13.8 Å². The first-order chi connectivity index (χ1) is 7.74. The van der Waals surface area contributed by atoms with Crippen LogP contribution in [-0.2, 0) is 6.54 Å². The number of alkyl halides is 5. The molecule has 0 bridgehead atoms. The van der Waals surface area contributed by atoms with Gasteiger partial charge >= 0.3 is 6.36 Å². The van der Waals surface area contributed by atoms with Gasteiger partial charge in [0, 0.05) is 12.6 Å². The third-order valence-electron chi connectivity index (χ3n) is 1.66. The lowest BCUT2D eigenvalue weighted by Crippen LogP contribution is -2.19. The largest absolute Gasteiger partial charge is 0.573 e. The predicted molar refractivity (Wildman–Crippen MR) is 56.5 cm³/mol. The van der Waals surface area contributed by atoms with Crippen LogP contribution in [0.15, 0.2) is 6.07 Å². The molecule has 1 rings (SSSR count). The van der Waals surface area contributed by atoms with Crippen LogP contribution in [0.2, 0.25) is 0 Å². The molecule has 1 aromatic heterocycles. The van der Waals surface area contributed by atoms with E-state index in [9.17, 15) is 22.0 Å². The summed E-state index contributed by atoms with van der Waals surface area (Å²) in [5.41, 5.74) is 4.34. The van der Waals surface area contributed by atoms with Crippen molar-refractivity contribution in [3.05, 3.63) is 21.0 Å². The quantitative estimate of drug-likeness (QED) is 0.659. The first-order valence-electron chi connectivity index (χ1n) is 4.18. The standard InChI is InChI=1S/C8H6F5IN2O/c9-7(10)3-1-5(17-8(11,12)13)6(14)4(2-15)16-3/h1,7H,2,15H2. The van der Waals surface area contributed by atoms with Gasteiger partial charge in [0.25, 0.3) is 6.43 Å². The fraction of sp³-hybridized carbons (Fsp3) is 0.375. The molecule has 0 saturated heterocycles. The van der Waals surface area contributed by atoms with Crippen LogP contribution < -0.4 is 10.5 Å². The molecule has 0 atom stereocenters. The molecule has 9 heteroatoms. The molecule has 0 aromatic carbocycles. The number of rotatable bonds is 3. The number of halogens is 6. The number of ether oxygens (including phenoxy) is 1. The van der Waals surface area contributed by atoms with Gasteiger partial charge in [0.05, 0.1) is 9.26 Å². The molecule has 96 valence electrons. The lowest BCUT2D eigenvalue weighted by molar-refractivity contribution is -0.275. The molecule has 0 fully saturated rings. The van der Waals surface area contributed by atoms with Gasteiger partial charge < -0.3 is 10.5 Å². The van der Waals surface area contributed by atoms with Crippen molar-refractivity contribution in [3.63, 3.8) is 0 Å². The van der Waals surface area contributed by atoms with Crippen molar-refractivity contribution in [1.29, 1.82) is 0 Å². The summed E-state index contributed by atoms with van der Waals surface area (Å²) in [6.45, 7) is -0.257. The maximum atomic E-state index is 12.4. The summed E-state index contributed by atoms with van der Waals surface area (Å²) >= 11 is 1.51. The van der Waals surface area contributed by atoms with Crippen molar-refractivity contribution in [3.8, 4) is 5.75 Å². The van der Waals surface area contributed by atoms with Crippen LogP contribution in [0.4, 0.5) is 22.0 Å². The summed E-state index contributed by atoms with van der Waals surface area (Å²) in [6, 6.07) is 0.555. The highest BCUT2D eigenvalue weighted by Gasteiger charge is 2.33. The molecule has 0 saturated carbocycles. The number of nitrogens with zero attached hydrogens (tertiary/aromatic N) is 1. The van der Waals surface area contributed by atoms with Gasteiger partial charge in [0.15, 0.2) is 0 Å². The lowest BCUT2D eigenvalue weighted by Gasteiger charge is -2.13. The minimum Gasteiger partial charge on any atom is -0.405 e. The Hall–Kier alpha value is -0.710. The summed E-state index contributed by atoms with van der Waals surface area (Å²) in [6.07, 6.45) is -7.94. The Labute approximate surface area is 106 Å². The van der Waals surface area contributed by atoms with Crippen LogP contribution in [0.1, 0.15) is 17.8 Å². The number of pyridine rings is 1. The van der Waals surface area contributed by atoms with Crippen LogP contribution in [0, 0.1) is 3.57 Å². The first kappa shape index (κ1) is 14.4. The van der Waals surface area contributed by atoms with Crippen molar-refractivity contribution < 1.29 is 26.7 Å². The smallest absolute Gasteiger partial charge is 0.405 e. The molecule has 0 radical (unpaired) electrons. The molecular weight excluding hydrogens is 362 g/mol. The number of hydrogen-bond donors (Lipinski definition) is 1. The van der Waals surface area contributed by atoms with Gasteiger partial charge in [-0.05, 0) is 22.6 Å². The van der Waals surface area contributed by atoms with Gasteiger partial charge in [0.2, 0.25) is 0 Å². The molecule has 0 aliphatic carbocycles. The van der Waals surface area contributed by atoms with Gasteiger partial charge in [-0.2, -0.15) is 0 Å². The second kappa shape index (κ2) is 5.29. The lowest BCUT2D eigenvalue weighted by atomic mass is 10.3. The molecule has 2 N–H and O–H groups in total. The van der Waals surface area contributed by atoms with Crippen molar-refractivity contribution in [2.24, 2.45) is 5.73 Å². The van der Waals surface area contributed by atoms with E-state index in [2.05, 4.69) is 9.72 Å². The van der Waals surface area contributed by atoms with E-state index in [1.807, 2.05) is 0 Å². The third-order valence-corrected chi connectivity index (χ3v) is 2.81. The Balaban J connectivity index is 3.23. The highest BCUT2D eigenvalue weighted by molar-refractivity contribution is 14.1. The van der Waals surface area contributed by atoms with E-state index in [-0.39, 0.29) is 15.8 Å². The molecule has 1 aromatic rings. The maximum absolute atomic E-state index is 12.4. The summed E-state index contributed by atoms with van der Waals surface area (Å²) < 4.78 is 64.4. The normalized spacial score (nSPS) is 12.0. The number of nitrogens with two attached hydrogens (primary N) is 1. The Kier molecular flexibility index (Phi) is 4.47. The Bertz CT molecular complexity index is 410. The Morgan fingerprint density at radius 3 is 2.41 bits per heavy atom. The summed E-state index contributed by atoms with van der Waals surface area (Å²) in [5.74, 6) is -0.719. The summed E-state index contributed by atoms with van der Waals surface area (Å²) in [4.78, 5) is 3.45. The fourth-order valence-corrected chi connectivity index (χ4v) is 1.63. The van der Waals surface area contributed by atoms with Crippen molar-refractivity contribution in [2.45, 2.75) is 19.3 Å². The molecule has 17 heavy (non-hydrogen) atoms. The van der Waals surface area contributed by atoms with E-state index in [1.165, 1.54) is 22.6 Å². The van der Waals surface area contributed by atoms with Crippen LogP contribution in [-0.4, -0.2) is 11.3 Å². The van der Waals surface area contributed by atoms with E-state index in [0.717, 1.165) is 0 Å². The minimum absolute atomic E-state index is 0.0353. The Morgan fingerprint density at radius 1 is 1.41 bits per heavy atom. The van der Waals surface area contributed by atoms with Crippen LogP contribution in [0.3, 0.4) is 0 Å². The summed E-state index contributed by atoms with van der Waals surface area (Å²) in [7, 11) is 0. The maximum Gasteiger partial charge on any atom is 0.573 e. The van der Waals surface area contributed by atoms with E-state index in [0.29, 0.717) is 6.07 Å². The fourth-order valence-electron chi connectivity index (χ4n) is 1.02. The molecule has 3 nitrogen and oxygen atoms in total. The third kappa shape index (κ3) is 3.91. The second-order valence-corrected chi connectivity index (χ2v) is 3.94. The zero-order valence-corrected chi connectivity index (χ0v) is 10.2.